The SMILES string of the molecule is CC(C)(C)CC(=O)N[C@@H](C[C@H]1CCCCN1Cc1cccc(Cl)c1)c1ccccn1. The van der Waals surface area contributed by atoms with Crippen molar-refractivity contribution in [2.24, 2.45) is 5.41 Å². The summed E-state index contributed by atoms with van der Waals surface area (Å²) in [5.41, 5.74) is 2.14. The molecule has 1 fully saturated rings. The van der Waals surface area contributed by atoms with E-state index in [1.165, 1.54) is 18.4 Å². The number of likely N-dealkylation sites (tertiary alicyclic amines) is 1. The van der Waals surface area contributed by atoms with Crippen LogP contribution in [0.1, 0.15) is 70.2 Å². The van der Waals surface area contributed by atoms with Gasteiger partial charge in [-0.05, 0) is 61.1 Å². The molecule has 0 bridgehead atoms. The lowest BCUT2D eigenvalue weighted by Gasteiger charge is -2.38. The number of carbonyl (C=O) groups excluding carboxylic acids is 1. The molecular weight excluding hydrogens is 394 g/mol. The quantitative estimate of drug-likeness (QED) is 0.609. The maximum atomic E-state index is 12.7. The smallest absolute Gasteiger partial charge is 0.221 e. The summed E-state index contributed by atoms with van der Waals surface area (Å²) in [5, 5.41) is 4.06. The Hall–Kier alpha value is -1.91. The number of nitrogens with zero attached hydrogens (tertiary/aromatic N) is 2. The van der Waals surface area contributed by atoms with Crippen LogP contribution in [-0.2, 0) is 11.3 Å². The molecule has 3 rings (SSSR count). The van der Waals surface area contributed by atoms with Crippen LogP contribution < -0.4 is 5.32 Å². The van der Waals surface area contributed by atoms with Crippen LogP contribution in [0.3, 0.4) is 0 Å². The molecule has 1 N–H and O–H groups in total. The number of benzene rings is 1. The topological polar surface area (TPSA) is 45.2 Å². The van der Waals surface area contributed by atoms with Gasteiger partial charge >= 0.3 is 0 Å². The monoisotopic (exact) mass is 427 g/mol. The van der Waals surface area contributed by atoms with Crippen molar-refractivity contribution in [3.05, 3.63) is 64.9 Å². The summed E-state index contributed by atoms with van der Waals surface area (Å²) in [6.45, 7) is 8.24. The molecule has 5 heteroatoms. The molecular formula is C25H34ClN3O. The van der Waals surface area contributed by atoms with E-state index in [-0.39, 0.29) is 17.4 Å². The minimum absolute atomic E-state index is 0.0395. The molecule has 1 amide bonds. The Morgan fingerprint density at radius 2 is 2.07 bits per heavy atom. The van der Waals surface area contributed by atoms with E-state index in [1.807, 2.05) is 36.5 Å². The molecule has 2 aromatic rings. The van der Waals surface area contributed by atoms with Gasteiger partial charge in [-0.2, -0.15) is 0 Å². The van der Waals surface area contributed by atoms with Gasteiger partial charge in [0.1, 0.15) is 0 Å². The normalized spacial score (nSPS) is 18.7. The van der Waals surface area contributed by atoms with Crippen molar-refractivity contribution in [2.45, 2.75) is 71.5 Å². The molecule has 162 valence electrons. The van der Waals surface area contributed by atoms with E-state index in [1.54, 1.807) is 0 Å². The number of pyridine rings is 1. The van der Waals surface area contributed by atoms with Crippen LogP contribution in [0.5, 0.6) is 0 Å². The third kappa shape index (κ3) is 7.10. The van der Waals surface area contributed by atoms with Gasteiger partial charge in [0.25, 0.3) is 0 Å². The lowest BCUT2D eigenvalue weighted by atomic mass is 9.90. The molecule has 2 heterocycles. The van der Waals surface area contributed by atoms with Gasteiger partial charge in [-0.25, -0.2) is 0 Å². The number of hydrogen-bond acceptors (Lipinski definition) is 3. The highest BCUT2D eigenvalue weighted by Crippen LogP contribution is 2.29. The van der Waals surface area contributed by atoms with Crippen molar-refractivity contribution in [1.29, 1.82) is 0 Å². The predicted molar refractivity (Wildman–Crippen MR) is 123 cm³/mol. The standard InChI is InChI=1S/C25H34ClN3O/c1-25(2,3)17-24(30)28-23(22-12-4-6-13-27-22)16-21-11-5-7-14-29(21)18-19-9-8-10-20(26)15-19/h4,6,8-10,12-13,15,21,23H,5,7,11,14,16-18H2,1-3H3,(H,28,30)/t21-,23+/m1/s1. The largest absolute Gasteiger partial charge is 0.348 e. The fourth-order valence-electron chi connectivity index (χ4n) is 4.24. The number of rotatable bonds is 7. The Morgan fingerprint density at radius 3 is 2.77 bits per heavy atom. The summed E-state index contributed by atoms with van der Waals surface area (Å²) in [6, 6.07) is 14.4. The Morgan fingerprint density at radius 1 is 1.23 bits per heavy atom. The molecule has 0 aliphatic carbocycles. The number of aromatic nitrogens is 1. The molecule has 4 nitrogen and oxygen atoms in total. The van der Waals surface area contributed by atoms with E-state index in [4.69, 9.17) is 11.6 Å². The first-order valence-corrected chi connectivity index (χ1v) is 11.4. The lowest BCUT2D eigenvalue weighted by Crippen LogP contribution is -2.42. The molecule has 2 atom stereocenters. The third-order valence-electron chi connectivity index (χ3n) is 5.60. The highest BCUT2D eigenvalue weighted by atomic mass is 35.5. The van der Waals surface area contributed by atoms with Gasteiger partial charge in [0.2, 0.25) is 5.91 Å². The number of carbonyl (C=O) groups is 1. The Balaban J connectivity index is 1.74. The summed E-state index contributed by atoms with van der Waals surface area (Å²) in [6.07, 6.45) is 6.76. The van der Waals surface area contributed by atoms with E-state index in [9.17, 15) is 4.79 Å². The zero-order chi connectivity index (χ0) is 21.6. The van der Waals surface area contributed by atoms with Crippen LogP contribution in [0.25, 0.3) is 0 Å². The lowest BCUT2D eigenvalue weighted by molar-refractivity contribution is -0.123. The van der Waals surface area contributed by atoms with Crippen LogP contribution in [0.4, 0.5) is 0 Å². The second-order valence-electron chi connectivity index (χ2n) is 9.60. The van der Waals surface area contributed by atoms with E-state index in [2.05, 4.69) is 48.1 Å². The number of halogens is 1. The predicted octanol–water partition coefficient (Wildman–Crippen LogP) is 5.77. The van der Waals surface area contributed by atoms with Crippen molar-refractivity contribution in [2.75, 3.05) is 6.54 Å². The zero-order valence-corrected chi connectivity index (χ0v) is 19.2. The molecule has 30 heavy (non-hydrogen) atoms. The minimum Gasteiger partial charge on any atom is -0.348 e. The van der Waals surface area contributed by atoms with Gasteiger partial charge < -0.3 is 5.32 Å². The van der Waals surface area contributed by atoms with Crippen molar-refractivity contribution >= 4 is 17.5 Å². The first kappa shape index (κ1) is 22.8. The van der Waals surface area contributed by atoms with Crippen molar-refractivity contribution in [1.82, 2.24) is 15.2 Å². The van der Waals surface area contributed by atoms with E-state index >= 15 is 0 Å². The molecule has 1 aromatic carbocycles. The van der Waals surface area contributed by atoms with Crippen LogP contribution in [0.15, 0.2) is 48.7 Å². The molecule has 1 aliphatic rings. The fourth-order valence-corrected chi connectivity index (χ4v) is 4.45. The van der Waals surface area contributed by atoms with Gasteiger partial charge in [0, 0.05) is 30.2 Å². The summed E-state index contributed by atoms with van der Waals surface area (Å²) >= 11 is 6.20. The first-order chi connectivity index (χ1) is 14.3. The maximum absolute atomic E-state index is 12.7. The van der Waals surface area contributed by atoms with Gasteiger partial charge in [-0.3, -0.25) is 14.7 Å². The van der Waals surface area contributed by atoms with E-state index in [0.29, 0.717) is 12.5 Å². The van der Waals surface area contributed by atoms with Crippen LogP contribution in [0, 0.1) is 5.41 Å². The van der Waals surface area contributed by atoms with Gasteiger partial charge in [0.05, 0.1) is 11.7 Å². The number of nitrogens with one attached hydrogen (secondary N) is 1. The highest BCUT2D eigenvalue weighted by Gasteiger charge is 2.28. The van der Waals surface area contributed by atoms with E-state index < -0.39 is 0 Å². The molecule has 1 aliphatic heterocycles. The van der Waals surface area contributed by atoms with Gasteiger partial charge in [-0.15, -0.1) is 0 Å². The number of hydrogen-bond donors (Lipinski definition) is 1. The van der Waals surface area contributed by atoms with E-state index in [0.717, 1.165) is 36.6 Å². The molecule has 0 radical (unpaired) electrons. The molecule has 0 unspecified atom stereocenters. The molecule has 1 saturated heterocycles. The van der Waals surface area contributed by atoms with Gasteiger partial charge in [0.15, 0.2) is 0 Å². The Bertz CT molecular complexity index is 819. The Kier molecular flexibility index (Phi) is 7.90. The summed E-state index contributed by atoms with van der Waals surface area (Å²) in [5.74, 6) is 0.0929. The highest BCUT2D eigenvalue weighted by molar-refractivity contribution is 6.30. The van der Waals surface area contributed by atoms with Crippen molar-refractivity contribution in [3.8, 4) is 0 Å². The first-order valence-electron chi connectivity index (χ1n) is 11.0. The zero-order valence-electron chi connectivity index (χ0n) is 18.4. The summed E-state index contributed by atoms with van der Waals surface area (Å²) < 4.78 is 0. The fraction of sp³-hybridized carbons (Fsp3) is 0.520. The average molecular weight is 428 g/mol. The average Bonchev–Trinajstić information content (AvgIpc) is 2.68. The van der Waals surface area contributed by atoms with Crippen molar-refractivity contribution in [3.63, 3.8) is 0 Å². The van der Waals surface area contributed by atoms with Crippen LogP contribution >= 0.6 is 11.6 Å². The Labute approximate surface area is 186 Å². The van der Waals surface area contributed by atoms with Crippen LogP contribution in [-0.4, -0.2) is 28.4 Å². The maximum Gasteiger partial charge on any atom is 0.221 e. The number of amides is 1. The van der Waals surface area contributed by atoms with Gasteiger partial charge in [-0.1, -0.05) is 57.0 Å². The van der Waals surface area contributed by atoms with Crippen LogP contribution in [0.2, 0.25) is 5.02 Å². The summed E-state index contributed by atoms with van der Waals surface area (Å²) in [7, 11) is 0. The summed E-state index contributed by atoms with van der Waals surface area (Å²) in [4.78, 5) is 19.8. The molecule has 0 saturated carbocycles. The molecule has 0 spiro atoms. The minimum atomic E-state index is -0.0778. The number of piperidine rings is 1. The van der Waals surface area contributed by atoms with Crippen molar-refractivity contribution < 1.29 is 4.79 Å². The molecule has 1 aromatic heterocycles. The second kappa shape index (κ2) is 10.4. The second-order valence-corrected chi connectivity index (χ2v) is 10.0. The third-order valence-corrected chi connectivity index (χ3v) is 5.84.